The summed E-state index contributed by atoms with van der Waals surface area (Å²) in [5.41, 5.74) is 6.58. The highest BCUT2D eigenvalue weighted by atomic mass is 16.5. The highest BCUT2D eigenvalue weighted by Crippen LogP contribution is 2.12. The Hall–Kier alpha value is -1.55. The van der Waals surface area contributed by atoms with E-state index in [0.29, 0.717) is 12.3 Å². The van der Waals surface area contributed by atoms with Gasteiger partial charge >= 0.3 is 5.97 Å². The second-order valence-electron chi connectivity index (χ2n) is 3.22. The molecule has 0 aliphatic carbocycles. The molecule has 0 aliphatic rings. The van der Waals surface area contributed by atoms with E-state index in [2.05, 4.69) is 0 Å². The third kappa shape index (κ3) is 4.46. The third-order valence-electron chi connectivity index (χ3n) is 1.96. The van der Waals surface area contributed by atoms with Crippen molar-refractivity contribution in [1.29, 1.82) is 0 Å². The van der Waals surface area contributed by atoms with Gasteiger partial charge in [0.2, 0.25) is 0 Å². The van der Waals surface area contributed by atoms with Gasteiger partial charge in [-0.2, -0.15) is 0 Å². The maximum absolute atomic E-state index is 10.2. The molecule has 0 amide bonds. The molecule has 0 atom stereocenters. The summed E-state index contributed by atoms with van der Waals surface area (Å²) in [7, 11) is 0. The summed E-state index contributed by atoms with van der Waals surface area (Å²) in [6.07, 6.45) is 1.89. The number of benzene rings is 1. The van der Waals surface area contributed by atoms with Gasteiger partial charge in [-0.1, -0.05) is 12.1 Å². The molecule has 0 saturated carbocycles. The molecule has 0 spiro atoms. The van der Waals surface area contributed by atoms with Crippen LogP contribution in [0.25, 0.3) is 0 Å². The number of ether oxygens (including phenoxy) is 1. The van der Waals surface area contributed by atoms with E-state index in [4.69, 9.17) is 15.6 Å². The van der Waals surface area contributed by atoms with Crippen LogP contribution in [-0.4, -0.2) is 24.2 Å². The first kappa shape index (κ1) is 11.5. The fourth-order valence-electron chi connectivity index (χ4n) is 1.20. The van der Waals surface area contributed by atoms with Gasteiger partial charge in [-0.3, -0.25) is 0 Å². The lowest BCUT2D eigenvalue weighted by atomic mass is 10.1. The minimum absolute atomic E-state index is 0.303. The first-order chi connectivity index (χ1) is 7.22. The smallest absolute Gasteiger partial charge is 0.341 e. The van der Waals surface area contributed by atoms with Gasteiger partial charge in [0, 0.05) is 0 Å². The van der Waals surface area contributed by atoms with E-state index < -0.39 is 5.97 Å². The summed E-state index contributed by atoms with van der Waals surface area (Å²) in [4.78, 5) is 10.2. The van der Waals surface area contributed by atoms with E-state index in [-0.39, 0.29) is 6.61 Å². The van der Waals surface area contributed by atoms with Crippen molar-refractivity contribution in [3.63, 3.8) is 0 Å². The lowest BCUT2D eigenvalue weighted by Crippen LogP contribution is -2.09. The van der Waals surface area contributed by atoms with Gasteiger partial charge in [0.05, 0.1) is 0 Å². The summed E-state index contributed by atoms with van der Waals surface area (Å²) < 4.78 is 5.00. The van der Waals surface area contributed by atoms with Crippen LogP contribution >= 0.6 is 0 Å². The molecule has 0 saturated heterocycles. The van der Waals surface area contributed by atoms with Crippen molar-refractivity contribution in [3.05, 3.63) is 29.8 Å². The highest BCUT2D eigenvalue weighted by Gasteiger charge is 1.99. The van der Waals surface area contributed by atoms with Crippen LogP contribution in [0.1, 0.15) is 12.0 Å². The quantitative estimate of drug-likeness (QED) is 0.734. The molecule has 0 unspecified atom stereocenters. The highest BCUT2D eigenvalue weighted by molar-refractivity contribution is 5.68. The van der Waals surface area contributed by atoms with E-state index in [9.17, 15) is 4.79 Å². The van der Waals surface area contributed by atoms with Gasteiger partial charge in [-0.15, -0.1) is 0 Å². The number of nitrogens with two attached hydrogens (primary N) is 1. The minimum Gasteiger partial charge on any atom is -0.482 e. The first-order valence-corrected chi connectivity index (χ1v) is 4.86. The van der Waals surface area contributed by atoms with Crippen molar-refractivity contribution < 1.29 is 14.6 Å². The number of carbonyl (C=O) groups is 1. The summed E-state index contributed by atoms with van der Waals surface area (Å²) in [5, 5.41) is 8.41. The fourth-order valence-corrected chi connectivity index (χ4v) is 1.20. The van der Waals surface area contributed by atoms with Gasteiger partial charge in [0.1, 0.15) is 5.75 Å². The summed E-state index contributed by atoms with van der Waals surface area (Å²) in [5.74, 6) is -0.392. The Morgan fingerprint density at radius 1 is 1.33 bits per heavy atom. The Morgan fingerprint density at radius 2 is 2.00 bits per heavy atom. The zero-order valence-corrected chi connectivity index (χ0v) is 8.48. The average Bonchev–Trinajstić information content (AvgIpc) is 2.25. The monoisotopic (exact) mass is 209 g/mol. The van der Waals surface area contributed by atoms with Crippen LogP contribution in [0.15, 0.2) is 24.3 Å². The van der Waals surface area contributed by atoms with Gasteiger partial charge in [-0.05, 0) is 37.1 Å². The van der Waals surface area contributed by atoms with Crippen LogP contribution in [-0.2, 0) is 11.2 Å². The number of aryl methyl sites for hydroxylation is 1. The van der Waals surface area contributed by atoms with E-state index in [1.54, 1.807) is 12.1 Å². The molecule has 0 radical (unpaired) electrons. The Morgan fingerprint density at radius 3 is 2.53 bits per heavy atom. The Kier molecular flexibility index (Phi) is 4.63. The van der Waals surface area contributed by atoms with Gasteiger partial charge in [-0.25, -0.2) is 4.79 Å². The van der Waals surface area contributed by atoms with E-state index in [0.717, 1.165) is 12.8 Å². The van der Waals surface area contributed by atoms with Crippen molar-refractivity contribution in [2.24, 2.45) is 5.73 Å². The van der Waals surface area contributed by atoms with E-state index in [1.165, 1.54) is 5.56 Å². The van der Waals surface area contributed by atoms with Crippen LogP contribution in [0, 0.1) is 0 Å². The molecule has 0 heterocycles. The Bertz CT molecular complexity index is 308. The predicted octanol–water partition coefficient (Wildman–Crippen LogP) is 1.04. The van der Waals surface area contributed by atoms with Crippen LogP contribution in [0.3, 0.4) is 0 Å². The van der Waals surface area contributed by atoms with Crippen LogP contribution in [0.2, 0.25) is 0 Å². The number of hydrogen-bond acceptors (Lipinski definition) is 3. The van der Waals surface area contributed by atoms with E-state index in [1.807, 2.05) is 12.1 Å². The predicted molar refractivity (Wildman–Crippen MR) is 56.9 cm³/mol. The SMILES string of the molecule is NCCCc1ccc(OCC(=O)O)cc1. The maximum Gasteiger partial charge on any atom is 0.341 e. The topological polar surface area (TPSA) is 72.5 Å². The standard InChI is InChI=1S/C11H15NO3/c12-7-1-2-9-3-5-10(6-4-9)15-8-11(13)14/h3-6H,1-2,7-8,12H2,(H,13,14). The molecule has 0 fully saturated rings. The lowest BCUT2D eigenvalue weighted by molar-refractivity contribution is -0.139. The molecule has 15 heavy (non-hydrogen) atoms. The largest absolute Gasteiger partial charge is 0.482 e. The van der Waals surface area contributed by atoms with Gasteiger partial charge < -0.3 is 15.6 Å². The number of hydrogen-bond donors (Lipinski definition) is 2. The fraction of sp³-hybridized carbons (Fsp3) is 0.364. The van der Waals surface area contributed by atoms with Crippen molar-refractivity contribution in [2.45, 2.75) is 12.8 Å². The van der Waals surface area contributed by atoms with Crippen molar-refractivity contribution in [1.82, 2.24) is 0 Å². The van der Waals surface area contributed by atoms with Crippen molar-refractivity contribution in [3.8, 4) is 5.75 Å². The Labute approximate surface area is 88.7 Å². The number of rotatable bonds is 6. The molecular formula is C11H15NO3. The van der Waals surface area contributed by atoms with Crippen LogP contribution in [0.5, 0.6) is 5.75 Å². The molecule has 82 valence electrons. The summed E-state index contributed by atoms with van der Waals surface area (Å²) >= 11 is 0. The van der Waals surface area contributed by atoms with Gasteiger partial charge in [0.15, 0.2) is 6.61 Å². The van der Waals surface area contributed by atoms with Crippen molar-refractivity contribution in [2.75, 3.05) is 13.2 Å². The molecule has 4 heteroatoms. The molecule has 3 N–H and O–H groups in total. The second-order valence-corrected chi connectivity index (χ2v) is 3.22. The minimum atomic E-state index is -0.970. The van der Waals surface area contributed by atoms with Crippen LogP contribution in [0.4, 0.5) is 0 Å². The molecule has 0 bridgehead atoms. The third-order valence-corrected chi connectivity index (χ3v) is 1.96. The first-order valence-electron chi connectivity index (χ1n) is 4.86. The van der Waals surface area contributed by atoms with Gasteiger partial charge in [0.25, 0.3) is 0 Å². The molecule has 1 aromatic rings. The average molecular weight is 209 g/mol. The lowest BCUT2D eigenvalue weighted by Gasteiger charge is -2.04. The normalized spacial score (nSPS) is 9.93. The second kappa shape index (κ2) is 6.03. The summed E-state index contributed by atoms with van der Waals surface area (Å²) in [6.45, 7) is 0.374. The molecule has 4 nitrogen and oxygen atoms in total. The van der Waals surface area contributed by atoms with Crippen molar-refractivity contribution >= 4 is 5.97 Å². The number of aliphatic carboxylic acids is 1. The number of carboxylic acid groups (broad SMARTS) is 1. The number of carboxylic acids is 1. The maximum atomic E-state index is 10.2. The van der Waals surface area contributed by atoms with Crippen LogP contribution < -0.4 is 10.5 Å². The molecule has 0 aromatic heterocycles. The molecule has 1 rings (SSSR count). The van der Waals surface area contributed by atoms with E-state index >= 15 is 0 Å². The zero-order valence-electron chi connectivity index (χ0n) is 8.48. The zero-order chi connectivity index (χ0) is 11.1. The molecular weight excluding hydrogens is 194 g/mol. The molecule has 1 aromatic carbocycles. The molecule has 0 aliphatic heterocycles. The summed E-state index contributed by atoms with van der Waals surface area (Å²) in [6, 6.07) is 7.39. The Balaban J connectivity index is 2.45.